The molecule has 0 aliphatic rings. The molecule has 0 bridgehead atoms. The van der Waals surface area contributed by atoms with Gasteiger partial charge >= 0.3 is 12.2 Å². The molecule has 0 atom stereocenters. The van der Waals surface area contributed by atoms with E-state index in [1.54, 1.807) is 19.2 Å². The number of amides is 2. The Morgan fingerprint density at radius 1 is 1.19 bits per heavy atom. The highest BCUT2D eigenvalue weighted by atomic mass is 79.9. The smallest absolute Gasteiger partial charge is 0.414 e. The molecule has 0 saturated heterocycles. The van der Waals surface area contributed by atoms with Crippen molar-refractivity contribution in [3.63, 3.8) is 0 Å². The summed E-state index contributed by atoms with van der Waals surface area (Å²) in [4.78, 5) is 24.3. The monoisotopic (exact) mass is 358 g/mol. The number of nitrogens with one attached hydrogen (secondary N) is 1. The summed E-state index contributed by atoms with van der Waals surface area (Å²) in [5, 5.41) is 2.50. The molecule has 0 aromatic heterocycles. The molecule has 1 rings (SSSR count). The number of carbonyl (C=O) groups excluding carboxylic acids is 2. The van der Waals surface area contributed by atoms with Gasteiger partial charge in [0.05, 0.1) is 13.2 Å². The fraction of sp³-hybridized carbons (Fsp3) is 0.429. The molecule has 0 aliphatic carbocycles. The largest absolute Gasteiger partial charge is 0.450 e. The van der Waals surface area contributed by atoms with Crippen LogP contribution in [0.3, 0.4) is 0 Å². The third-order valence-corrected chi connectivity index (χ3v) is 3.05. The third-order valence-electron chi connectivity index (χ3n) is 2.52. The minimum absolute atomic E-state index is 0.0843. The highest BCUT2D eigenvalue weighted by Gasteiger charge is 2.12. The van der Waals surface area contributed by atoms with Gasteiger partial charge in [-0.05, 0) is 30.7 Å². The van der Waals surface area contributed by atoms with Crippen molar-refractivity contribution in [3.8, 4) is 0 Å². The fourth-order valence-electron chi connectivity index (χ4n) is 1.40. The fourth-order valence-corrected chi connectivity index (χ4v) is 1.67. The van der Waals surface area contributed by atoms with E-state index >= 15 is 0 Å². The molecule has 0 radical (unpaired) electrons. The van der Waals surface area contributed by atoms with Crippen LogP contribution in [-0.2, 0) is 9.47 Å². The van der Waals surface area contributed by atoms with Crippen LogP contribution >= 0.6 is 15.9 Å². The van der Waals surface area contributed by atoms with Gasteiger partial charge in [0.1, 0.15) is 6.61 Å². The molecule has 1 N–H and O–H groups in total. The van der Waals surface area contributed by atoms with Crippen molar-refractivity contribution in [1.29, 1.82) is 0 Å². The van der Waals surface area contributed by atoms with Gasteiger partial charge in [0.25, 0.3) is 0 Å². The first-order valence-electron chi connectivity index (χ1n) is 6.61. The van der Waals surface area contributed by atoms with Crippen LogP contribution in [0.4, 0.5) is 15.3 Å². The Hall–Kier alpha value is -1.76. The van der Waals surface area contributed by atoms with Gasteiger partial charge in [0.2, 0.25) is 0 Å². The molecule has 116 valence electrons. The van der Waals surface area contributed by atoms with E-state index in [0.29, 0.717) is 6.61 Å². The van der Waals surface area contributed by atoms with Gasteiger partial charge in [-0.1, -0.05) is 22.9 Å². The molecule has 0 fully saturated rings. The maximum absolute atomic E-state index is 11.8. The SMILES string of the molecule is CCCOC(=O)NCCOC(=O)N(C)c1ccc(Br)cc1. The van der Waals surface area contributed by atoms with Crippen molar-refractivity contribution in [2.45, 2.75) is 13.3 Å². The number of ether oxygens (including phenoxy) is 2. The third kappa shape index (κ3) is 6.48. The summed E-state index contributed by atoms with van der Waals surface area (Å²) < 4.78 is 10.8. The summed E-state index contributed by atoms with van der Waals surface area (Å²) in [7, 11) is 1.62. The predicted octanol–water partition coefficient (Wildman–Crippen LogP) is 3.16. The first-order chi connectivity index (χ1) is 10.0. The Bertz CT molecular complexity index is 465. The summed E-state index contributed by atoms with van der Waals surface area (Å²) in [5.41, 5.74) is 0.721. The van der Waals surface area contributed by atoms with Crippen LogP contribution in [0.5, 0.6) is 0 Å². The number of nitrogens with zero attached hydrogens (tertiary/aromatic N) is 1. The lowest BCUT2D eigenvalue weighted by Crippen LogP contribution is -2.32. The molecular formula is C14H19BrN2O4. The number of hydrogen-bond acceptors (Lipinski definition) is 4. The lowest BCUT2D eigenvalue weighted by Gasteiger charge is -2.17. The van der Waals surface area contributed by atoms with Crippen molar-refractivity contribution in [2.75, 3.05) is 31.7 Å². The van der Waals surface area contributed by atoms with Gasteiger partial charge < -0.3 is 14.8 Å². The van der Waals surface area contributed by atoms with Crippen LogP contribution in [0.25, 0.3) is 0 Å². The van der Waals surface area contributed by atoms with Gasteiger partial charge in [-0.15, -0.1) is 0 Å². The quantitative estimate of drug-likeness (QED) is 0.793. The minimum atomic E-state index is -0.505. The summed E-state index contributed by atoms with van der Waals surface area (Å²) in [6.07, 6.45) is -0.226. The van der Waals surface area contributed by atoms with E-state index in [1.807, 2.05) is 19.1 Å². The van der Waals surface area contributed by atoms with Crippen LogP contribution in [0.2, 0.25) is 0 Å². The zero-order chi connectivity index (χ0) is 15.7. The Morgan fingerprint density at radius 3 is 2.48 bits per heavy atom. The Labute approximate surface area is 132 Å². The number of anilines is 1. The summed E-state index contributed by atoms with van der Waals surface area (Å²) in [6.45, 7) is 2.58. The lowest BCUT2D eigenvalue weighted by atomic mass is 10.3. The standard InChI is InChI=1S/C14H19BrN2O4/c1-3-9-20-13(18)16-8-10-21-14(19)17(2)12-6-4-11(15)5-7-12/h4-7H,3,8-10H2,1-2H3,(H,16,18). The number of carbonyl (C=O) groups is 2. The van der Waals surface area contributed by atoms with Crippen LogP contribution < -0.4 is 10.2 Å². The van der Waals surface area contributed by atoms with E-state index in [2.05, 4.69) is 21.2 Å². The van der Waals surface area contributed by atoms with Gasteiger partial charge in [0, 0.05) is 17.2 Å². The lowest BCUT2D eigenvalue weighted by molar-refractivity contribution is 0.135. The number of alkyl carbamates (subject to hydrolysis) is 1. The highest BCUT2D eigenvalue weighted by molar-refractivity contribution is 9.10. The van der Waals surface area contributed by atoms with Crippen LogP contribution in [-0.4, -0.2) is 39.0 Å². The van der Waals surface area contributed by atoms with Gasteiger partial charge in [-0.3, -0.25) is 4.90 Å². The summed E-state index contributed by atoms with van der Waals surface area (Å²) in [5.74, 6) is 0. The number of benzene rings is 1. The first kappa shape index (κ1) is 17.3. The molecule has 6 nitrogen and oxygen atoms in total. The van der Waals surface area contributed by atoms with Crippen molar-refractivity contribution >= 4 is 33.8 Å². The second-order valence-corrected chi connectivity index (χ2v) is 5.13. The number of rotatable bonds is 6. The predicted molar refractivity (Wildman–Crippen MR) is 83.5 cm³/mol. The first-order valence-corrected chi connectivity index (χ1v) is 7.40. The molecular weight excluding hydrogens is 340 g/mol. The second-order valence-electron chi connectivity index (χ2n) is 4.21. The molecule has 0 heterocycles. The highest BCUT2D eigenvalue weighted by Crippen LogP contribution is 2.17. The average molecular weight is 359 g/mol. The van der Waals surface area contributed by atoms with Crippen LogP contribution in [0.1, 0.15) is 13.3 Å². The summed E-state index contributed by atoms with van der Waals surface area (Å²) in [6, 6.07) is 7.27. The zero-order valence-electron chi connectivity index (χ0n) is 12.1. The normalized spacial score (nSPS) is 9.86. The van der Waals surface area contributed by atoms with Crippen molar-refractivity contribution < 1.29 is 19.1 Å². The average Bonchev–Trinajstić information content (AvgIpc) is 2.49. The Morgan fingerprint density at radius 2 is 1.86 bits per heavy atom. The maximum Gasteiger partial charge on any atom is 0.414 e. The Balaban J connectivity index is 2.27. The molecule has 0 spiro atoms. The van der Waals surface area contributed by atoms with Crippen molar-refractivity contribution in [1.82, 2.24) is 5.32 Å². The Kier molecular flexibility index (Phi) is 7.60. The van der Waals surface area contributed by atoms with Gasteiger partial charge in [-0.2, -0.15) is 0 Å². The molecule has 1 aromatic carbocycles. The second kappa shape index (κ2) is 9.23. The van der Waals surface area contributed by atoms with Crippen LogP contribution in [0.15, 0.2) is 28.7 Å². The van der Waals surface area contributed by atoms with Gasteiger partial charge in [-0.25, -0.2) is 9.59 Å². The van der Waals surface area contributed by atoms with Crippen LogP contribution in [0, 0.1) is 0 Å². The molecule has 1 aromatic rings. The van der Waals surface area contributed by atoms with Crippen molar-refractivity contribution in [2.24, 2.45) is 0 Å². The van der Waals surface area contributed by atoms with Gasteiger partial charge in [0.15, 0.2) is 0 Å². The summed E-state index contributed by atoms with van der Waals surface area (Å²) >= 11 is 3.33. The van der Waals surface area contributed by atoms with E-state index in [-0.39, 0.29) is 13.2 Å². The maximum atomic E-state index is 11.8. The molecule has 21 heavy (non-hydrogen) atoms. The van der Waals surface area contributed by atoms with E-state index in [1.165, 1.54) is 4.90 Å². The minimum Gasteiger partial charge on any atom is -0.450 e. The van der Waals surface area contributed by atoms with E-state index < -0.39 is 12.2 Å². The van der Waals surface area contributed by atoms with E-state index in [4.69, 9.17) is 9.47 Å². The number of halogens is 1. The van der Waals surface area contributed by atoms with Crippen molar-refractivity contribution in [3.05, 3.63) is 28.7 Å². The topological polar surface area (TPSA) is 67.9 Å². The van der Waals surface area contributed by atoms with E-state index in [9.17, 15) is 9.59 Å². The molecule has 7 heteroatoms. The molecule has 2 amide bonds. The zero-order valence-corrected chi connectivity index (χ0v) is 13.7. The molecule has 0 unspecified atom stereocenters. The number of hydrogen-bond donors (Lipinski definition) is 1. The van der Waals surface area contributed by atoms with E-state index in [0.717, 1.165) is 16.6 Å². The molecule has 0 aliphatic heterocycles. The molecule has 0 saturated carbocycles.